The summed E-state index contributed by atoms with van der Waals surface area (Å²) < 4.78 is 11.8. The van der Waals surface area contributed by atoms with Gasteiger partial charge in [-0.1, -0.05) is 27.7 Å². The van der Waals surface area contributed by atoms with Crippen molar-refractivity contribution in [1.29, 1.82) is 0 Å². The van der Waals surface area contributed by atoms with Gasteiger partial charge in [0.25, 0.3) is 0 Å². The first-order chi connectivity index (χ1) is 6.56. The minimum Gasteiger partial charge on any atom is -0.346 e. The topological polar surface area (TPSA) is 18.5 Å². The van der Waals surface area contributed by atoms with Gasteiger partial charge >= 0.3 is 0 Å². The van der Waals surface area contributed by atoms with Crippen LogP contribution in [-0.2, 0) is 9.47 Å². The first-order valence-electron chi connectivity index (χ1n) is 5.89. The Bertz CT molecular complexity index is 254. The molecule has 0 aromatic heterocycles. The molecule has 4 rings (SSSR count). The van der Waals surface area contributed by atoms with Crippen LogP contribution in [0, 0.1) is 23.7 Å². The molecule has 1 spiro atoms. The summed E-state index contributed by atoms with van der Waals surface area (Å²) in [5, 5.41) is 0. The van der Waals surface area contributed by atoms with Crippen LogP contribution in [0.2, 0.25) is 0 Å². The highest BCUT2D eigenvalue weighted by Gasteiger charge is 2.68. The van der Waals surface area contributed by atoms with E-state index < -0.39 is 0 Å². The second kappa shape index (κ2) is 2.53. The zero-order valence-electron chi connectivity index (χ0n) is 9.49. The number of hydrogen-bond acceptors (Lipinski definition) is 2. The predicted molar refractivity (Wildman–Crippen MR) is 53.8 cm³/mol. The van der Waals surface area contributed by atoms with E-state index in [-0.39, 0.29) is 11.9 Å². The lowest BCUT2D eigenvalue weighted by Crippen LogP contribution is -2.60. The summed E-state index contributed by atoms with van der Waals surface area (Å²) in [7, 11) is 0. The molecule has 1 aliphatic carbocycles. The molecule has 14 heavy (non-hydrogen) atoms. The number of hydrogen-bond donors (Lipinski definition) is 0. The molecule has 4 fully saturated rings. The van der Waals surface area contributed by atoms with Crippen molar-refractivity contribution in [3.05, 3.63) is 0 Å². The number of rotatable bonds is 0. The van der Waals surface area contributed by atoms with E-state index in [0.717, 1.165) is 18.3 Å². The van der Waals surface area contributed by atoms with Crippen molar-refractivity contribution in [3.8, 4) is 0 Å². The van der Waals surface area contributed by atoms with Crippen LogP contribution in [0.1, 0.15) is 34.1 Å². The van der Waals surface area contributed by atoms with Gasteiger partial charge in [-0.3, -0.25) is 0 Å². The van der Waals surface area contributed by atoms with E-state index in [0.29, 0.717) is 17.9 Å². The van der Waals surface area contributed by atoms with Crippen LogP contribution < -0.4 is 0 Å². The van der Waals surface area contributed by atoms with E-state index in [4.69, 9.17) is 9.47 Å². The molecule has 2 heteroatoms. The second-order valence-corrected chi connectivity index (χ2v) is 5.63. The Hall–Kier alpha value is -0.0800. The Morgan fingerprint density at radius 3 is 2.29 bits per heavy atom. The van der Waals surface area contributed by atoms with Crippen LogP contribution in [0.25, 0.3) is 0 Å². The van der Waals surface area contributed by atoms with Crippen LogP contribution >= 0.6 is 0 Å². The minimum absolute atomic E-state index is 0.0933. The maximum atomic E-state index is 5.92. The van der Waals surface area contributed by atoms with E-state index in [1.165, 1.54) is 0 Å². The first kappa shape index (κ1) is 9.17. The highest BCUT2D eigenvalue weighted by atomic mass is 16.8. The van der Waals surface area contributed by atoms with Gasteiger partial charge in [-0.15, -0.1) is 0 Å². The fourth-order valence-corrected chi connectivity index (χ4v) is 3.81. The fourth-order valence-electron chi connectivity index (χ4n) is 3.81. The molecule has 0 aromatic rings. The molecule has 0 aromatic carbocycles. The average Bonchev–Trinajstić information content (AvgIpc) is 2.65. The Labute approximate surface area is 86.0 Å². The molecule has 1 saturated carbocycles. The van der Waals surface area contributed by atoms with Crippen molar-refractivity contribution in [1.82, 2.24) is 0 Å². The second-order valence-electron chi connectivity index (χ2n) is 5.63. The molecule has 7 atom stereocenters. The van der Waals surface area contributed by atoms with Gasteiger partial charge < -0.3 is 9.47 Å². The summed E-state index contributed by atoms with van der Waals surface area (Å²) in [5.74, 6) is 2.80. The third kappa shape index (κ3) is 0.809. The minimum atomic E-state index is 0.0933. The van der Waals surface area contributed by atoms with E-state index in [1.807, 2.05) is 0 Å². The van der Waals surface area contributed by atoms with Gasteiger partial charge in [0.2, 0.25) is 0 Å². The summed E-state index contributed by atoms with van der Waals surface area (Å²) in [6.45, 7) is 9.39. The van der Waals surface area contributed by atoms with Gasteiger partial charge in [-0.2, -0.15) is 0 Å². The van der Waals surface area contributed by atoms with Crippen molar-refractivity contribution in [2.75, 3.05) is 0 Å². The normalized spacial score (nSPS) is 66.0. The highest BCUT2D eigenvalue weighted by molar-refractivity contribution is 5.12. The Morgan fingerprint density at radius 1 is 1.00 bits per heavy atom. The average molecular weight is 196 g/mol. The van der Waals surface area contributed by atoms with Crippen LogP contribution in [-0.4, -0.2) is 18.0 Å². The summed E-state index contributed by atoms with van der Waals surface area (Å²) in [5.41, 5.74) is 0.0933. The quantitative estimate of drug-likeness (QED) is 0.592. The maximum Gasteiger partial charge on any atom is 0.161 e. The largest absolute Gasteiger partial charge is 0.346 e. The van der Waals surface area contributed by atoms with Gasteiger partial charge in [0.1, 0.15) is 5.60 Å². The lowest BCUT2D eigenvalue weighted by molar-refractivity contribution is -0.228. The monoisotopic (exact) mass is 196 g/mol. The van der Waals surface area contributed by atoms with Gasteiger partial charge in [0.05, 0.1) is 6.10 Å². The third-order valence-electron chi connectivity index (χ3n) is 5.31. The van der Waals surface area contributed by atoms with Gasteiger partial charge in [-0.25, -0.2) is 0 Å². The summed E-state index contributed by atoms with van der Waals surface area (Å²) in [6.07, 6.45) is 1.64. The van der Waals surface area contributed by atoms with Crippen molar-refractivity contribution in [2.45, 2.75) is 52.1 Å². The van der Waals surface area contributed by atoms with E-state index in [2.05, 4.69) is 27.7 Å². The molecular formula is C12H20O2. The molecule has 0 radical (unpaired) electrons. The van der Waals surface area contributed by atoms with E-state index >= 15 is 0 Å². The molecular weight excluding hydrogens is 176 g/mol. The van der Waals surface area contributed by atoms with Crippen LogP contribution in [0.4, 0.5) is 0 Å². The molecule has 1 unspecified atom stereocenters. The SMILES string of the molecule is C[C@@H]1[C@@H](C)[C@H]2OC3C[C@@]2(O3)[C@H](C)[C@H]1C. The van der Waals surface area contributed by atoms with Crippen LogP contribution in [0.15, 0.2) is 0 Å². The molecule has 3 heterocycles. The Balaban J connectivity index is 1.96. The molecule has 4 aliphatic rings. The van der Waals surface area contributed by atoms with Crippen molar-refractivity contribution >= 4 is 0 Å². The van der Waals surface area contributed by atoms with Gasteiger partial charge in [-0.05, 0) is 23.7 Å². The van der Waals surface area contributed by atoms with E-state index in [1.54, 1.807) is 0 Å². The van der Waals surface area contributed by atoms with Crippen LogP contribution in [0.3, 0.4) is 0 Å². The molecule has 0 amide bonds. The summed E-state index contributed by atoms with van der Waals surface area (Å²) in [4.78, 5) is 0. The van der Waals surface area contributed by atoms with Crippen molar-refractivity contribution in [3.63, 3.8) is 0 Å². The zero-order valence-corrected chi connectivity index (χ0v) is 9.49. The van der Waals surface area contributed by atoms with Crippen LogP contribution in [0.5, 0.6) is 0 Å². The molecule has 80 valence electrons. The van der Waals surface area contributed by atoms with E-state index in [9.17, 15) is 0 Å². The number of ether oxygens (including phenoxy) is 2. The van der Waals surface area contributed by atoms with Crippen molar-refractivity contribution in [2.24, 2.45) is 23.7 Å². The fraction of sp³-hybridized carbons (Fsp3) is 1.00. The molecule has 3 aliphatic heterocycles. The first-order valence-corrected chi connectivity index (χ1v) is 5.89. The molecule has 2 bridgehead atoms. The smallest absolute Gasteiger partial charge is 0.161 e. The highest BCUT2D eigenvalue weighted by Crippen LogP contribution is 2.60. The lowest BCUT2D eigenvalue weighted by atomic mass is 9.59. The maximum absolute atomic E-state index is 5.92. The Morgan fingerprint density at radius 2 is 1.64 bits per heavy atom. The lowest BCUT2D eigenvalue weighted by Gasteiger charge is -2.53. The van der Waals surface area contributed by atoms with Gasteiger partial charge in [0.15, 0.2) is 6.29 Å². The molecule has 3 saturated heterocycles. The standard InChI is InChI=1S/C12H20O2/c1-6-7(2)9(4)12-5-10(14-12)13-11(12)8(6)3/h6-11H,5H2,1-4H3/t6-,7-,8+,9+,10?,11+,12+/m0/s1. The van der Waals surface area contributed by atoms with Gasteiger partial charge in [0, 0.05) is 6.42 Å². The zero-order chi connectivity index (χ0) is 10.1. The predicted octanol–water partition coefficient (Wildman–Crippen LogP) is 2.43. The molecule has 0 N–H and O–H groups in total. The Kier molecular flexibility index (Phi) is 1.66. The summed E-state index contributed by atoms with van der Waals surface area (Å²) >= 11 is 0. The molecule has 2 nitrogen and oxygen atoms in total. The van der Waals surface area contributed by atoms with Crippen molar-refractivity contribution < 1.29 is 9.47 Å². The third-order valence-corrected chi connectivity index (χ3v) is 5.31. The summed E-state index contributed by atoms with van der Waals surface area (Å²) in [6, 6.07) is 0.